The number of hydrogen-bond acceptors (Lipinski definition) is 7. The fraction of sp³-hybridized carbons (Fsp3) is 0.107. The van der Waals surface area contributed by atoms with Crippen molar-refractivity contribution in [2.45, 2.75) is 16.8 Å². The predicted octanol–water partition coefficient (Wildman–Crippen LogP) is 5.70. The molecule has 0 saturated heterocycles. The average Bonchev–Trinajstić information content (AvgIpc) is 3.39. The molecule has 0 bridgehead atoms. The van der Waals surface area contributed by atoms with Crippen molar-refractivity contribution < 1.29 is 26.9 Å². The second kappa shape index (κ2) is 10.2. The van der Waals surface area contributed by atoms with Crippen LogP contribution < -0.4 is 15.6 Å². The van der Waals surface area contributed by atoms with Gasteiger partial charge >= 0.3 is 5.69 Å². The Morgan fingerprint density at radius 3 is 2.37 bits per heavy atom. The summed E-state index contributed by atoms with van der Waals surface area (Å²) in [5, 5.41) is 14.8. The van der Waals surface area contributed by atoms with E-state index in [1.807, 2.05) is 6.92 Å². The van der Waals surface area contributed by atoms with Crippen LogP contribution in [0.4, 0.5) is 20.2 Å². The van der Waals surface area contributed by atoms with Crippen LogP contribution in [-0.4, -0.2) is 29.9 Å². The van der Waals surface area contributed by atoms with E-state index in [2.05, 4.69) is 10.3 Å². The molecule has 0 amide bonds. The summed E-state index contributed by atoms with van der Waals surface area (Å²) in [7, 11) is -1.21. The highest BCUT2D eigenvalue weighted by Gasteiger charge is 2.29. The van der Waals surface area contributed by atoms with E-state index < -0.39 is 49.1 Å². The van der Waals surface area contributed by atoms with E-state index in [9.17, 15) is 32.1 Å². The minimum absolute atomic E-state index is 0.00199. The number of nitro benzene ring substituents is 1. The number of nitrogens with zero attached hydrogens (tertiary/aromatic N) is 2. The quantitative estimate of drug-likeness (QED) is 0.186. The molecular formula is C28H22F2N4O6S. The van der Waals surface area contributed by atoms with E-state index in [-0.39, 0.29) is 37.6 Å². The molecule has 0 aliphatic carbocycles. The monoisotopic (exact) mass is 580 g/mol. The topological polar surface area (TPSA) is 136 Å². The van der Waals surface area contributed by atoms with Crippen molar-refractivity contribution in [3.8, 4) is 22.6 Å². The lowest BCUT2D eigenvalue weighted by Crippen LogP contribution is -2.17. The van der Waals surface area contributed by atoms with Gasteiger partial charge in [-0.3, -0.25) is 14.9 Å². The Labute approximate surface area is 231 Å². The summed E-state index contributed by atoms with van der Waals surface area (Å²) in [6, 6.07) is 12.8. The fourth-order valence-electron chi connectivity index (χ4n) is 4.45. The Balaban J connectivity index is 1.80. The van der Waals surface area contributed by atoms with E-state index in [4.69, 9.17) is 4.74 Å². The first-order chi connectivity index (χ1) is 19.4. The molecule has 41 heavy (non-hydrogen) atoms. The zero-order chi connectivity index (χ0) is 29.6. The van der Waals surface area contributed by atoms with Crippen molar-refractivity contribution in [2.75, 3.05) is 12.4 Å². The number of aryl methyl sites for hydroxylation is 2. The summed E-state index contributed by atoms with van der Waals surface area (Å²) in [5.74, 6) is -2.86. The van der Waals surface area contributed by atoms with Gasteiger partial charge < -0.3 is 19.6 Å². The van der Waals surface area contributed by atoms with Gasteiger partial charge in [0.05, 0.1) is 9.82 Å². The van der Waals surface area contributed by atoms with Gasteiger partial charge in [-0.25, -0.2) is 17.2 Å². The van der Waals surface area contributed by atoms with Gasteiger partial charge in [0.2, 0.25) is 15.6 Å². The molecule has 5 rings (SSSR count). The highest BCUT2D eigenvalue weighted by molar-refractivity contribution is 7.91. The van der Waals surface area contributed by atoms with E-state index in [0.29, 0.717) is 6.07 Å². The number of anilines is 1. The van der Waals surface area contributed by atoms with Crippen LogP contribution in [0.2, 0.25) is 0 Å². The van der Waals surface area contributed by atoms with E-state index in [0.717, 1.165) is 17.7 Å². The molecule has 0 aliphatic heterocycles. The Hall–Kier alpha value is -5.04. The Morgan fingerprint density at radius 1 is 1.02 bits per heavy atom. The second-order valence-corrected chi connectivity index (χ2v) is 11.1. The molecular weight excluding hydrogens is 558 g/mol. The molecule has 2 heterocycles. The molecule has 0 unspecified atom stereocenters. The summed E-state index contributed by atoms with van der Waals surface area (Å²) < 4.78 is 61.9. The summed E-state index contributed by atoms with van der Waals surface area (Å²) in [5.41, 5.74) is -0.0518. The molecule has 210 valence electrons. The normalized spacial score (nSPS) is 11.5. The molecule has 0 radical (unpaired) electrons. The zero-order valence-corrected chi connectivity index (χ0v) is 22.7. The SMILES string of the molecule is CNc1ccc(-c2cn(C)c(=O)c3[nH]c(S(=O)(=O)c4ccc(C)cc4)cc23)c(Oc2ccc(F)cc2F)c1[N+](=O)[O-]. The number of rotatable bonds is 7. The van der Waals surface area contributed by atoms with Gasteiger partial charge in [-0.15, -0.1) is 0 Å². The number of aromatic amines is 1. The molecule has 0 saturated carbocycles. The molecule has 0 aliphatic rings. The van der Waals surface area contributed by atoms with E-state index >= 15 is 0 Å². The van der Waals surface area contributed by atoms with E-state index in [1.54, 1.807) is 12.1 Å². The molecule has 2 aromatic heterocycles. The maximum atomic E-state index is 14.6. The van der Waals surface area contributed by atoms with Crippen molar-refractivity contribution in [3.05, 3.63) is 105 Å². The van der Waals surface area contributed by atoms with Crippen LogP contribution in [-0.2, 0) is 16.9 Å². The van der Waals surface area contributed by atoms with Crippen molar-refractivity contribution in [3.63, 3.8) is 0 Å². The number of H-pyrrole nitrogens is 1. The number of ether oxygens (including phenoxy) is 1. The number of halogens is 2. The Kier molecular flexibility index (Phi) is 6.83. The predicted molar refractivity (Wildman–Crippen MR) is 148 cm³/mol. The van der Waals surface area contributed by atoms with Crippen molar-refractivity contribution in [1.82, 2.24) is 9.55 Å². The molecule has 5 aromatic rings. The molecule has 0 fully saturated rings. The highest BCUT2D eigenvalue weighted by Crippen LogP contribution is 2.47. The largest absolute Gasteiger partial charge is 0.446 e. The van der Waals surface area contributed by atoms with Crippen LogP contribution >= 0.6 is 0 Å². The van der Waals surface area contributed by atoms with Gasteiger partial charge in [0.1, 0.15) is 22.0 Å². The number of hydrogen-bond donors (Lipinski definition) is 2. The molecule has 2 N–H and O–H groups in total. The number of benzene rings is 3. The van der Waals surface area contributed by atoms with Crippen LogP contribution in [0.5, 0.6) is 11.5 Å². The Morgan fingerprint density at radius 2 is 1.73 bits per heavy atom. The summed E-state index contributed by atoms with van der Waals surface area (Å²) in [6.45, 7) is 1.81. The van der Waals surface area contributed by atoms with Crippen LogP contribution in [0, 0.1) is 28.7 Å². The number of pyridine rings is 1. The lowest BCUT2D eigenvalue weighted by atomic mass is 10.0. The maximum absolute atomic E-state index is 14.6. The van der Waals surface area contributed by atoms with Crippen molar-refractivity contribution in [2.24, 2.45) is 7.05 Å². The zero-order valence-electron chi connectivity index (χ0n) is 21.9. The lowest BCUT2D eigenvalue weighted by Gasteiger charge is -2.16. The molecule has 10 nitrogen and oxygen atoms in total. The maximum Gasteiger partial charge on any atom is 0.335 e. The highest BCUT2D eigenvalue weighted by atomic mass is 32.2. The van der Waals surface area contributed by atoms with Crippen LogP contribution in [0.3, 0.4) is 0 Å². The van der Waals surface area contributed by atoms with Crippen LogP contribution in [0.1, 0.15) is 5.56 Å². The first-order valence-corrected chi connectivity index (χ1v) is 13.6. The number of fused-ring (bicyclic) bond motifs is 1. The Bertz CT molecular complexity index is 2020. The minimum Gasteiger partial charge on any atom is -0.446 e. The lowest BCUT2D eigenvalue weighted by molar-refractivity contribution is -0.384. The molecule has 0 atom stereocenters. The number of aromatic nitrogens is 2. The average molecular weight is 581 g/mol. The fourth-order valence-corrected chi connectivity index (χ4v) is 5.71. The van der Waals surface area contributed by atoms with Crippen molar-refractivity contribution >= 4 is 32.1 Å². The summed E-state index contributed by atoms with van der Waals surface area (Å²) >= 11 is 0. The minimum atomic E-state index is -4.09. The second-order valence-electron chi connectivity index (χ2n) is 9.22. The van der Waals surface area contributed by atoms with Gasteiger partial charge in [0.25, 0.3) is 5.56 Å². The third-order valence-corrected chi connectivity index (χ3v) is 8.23. The number of sulfone groups is 1. The van der Waals surface area contributed by atoms with Gasteiger partial charge in [0.15, 0.2) is 11.6 Å². The van der Waals surface area contributed by atoms with Crippen LogP contribution in [0.15, 0.2) is 81.6 Å². The van der Waals surface area contributed by atoms with Gasteiger partial charge in [-0.05, 0) is 49.4 Å². The van der Waals surface area contributed by atoms with Crippen LogP contribution in [0.25, 0.3) is 22.0 Å². The van der Waals surface area contributed by atoms with Gasteiger partial charge in [-0.1, -0.05) is 17.7 Å². The van der Waals surface area contributed by atoms with Gasteiger partial charge in [0, 0.05) is 42.9 Å². The third-order valence-electron chi connectivity index (χ3n) is 6.54. The molecule has 13 heteroatoms. The summed E-state index contributed by atoms with van der Waals surface area (Å²) in [4.78, 5) is 27.2. The number of nitrogens with one attached hydrogen (secondary N) is 2. The first kappa shape index (κ1) is 27.5. The van der Waals surface area contributed by atoms with Crippen molar-refractivity contribution in [1.29, 1.82) is 0 Å². The number of nitro groups is 1. The summed E-state index contributed by atoms with van der Waals surface area (Å²) in [6.07, 6.45) is 1.37. The molecule has 3 aromatic carbocycles. The first-order valence-electron chi connectivity index (χ1n) is 12.1. The smallest absolute Gasteiger partial charge is 0.335 e. The third kappa shape index (κ3) is 4.80. The van der Waals surface area contributed by atoms with E-state index in [1.165, 1.54) is 55.2 Å². The van der Waals surface area contributed by atoms with Gasteiger partial charge in [-0.2, -0.15) is 0 Å². The molecule has 0 spiro atoms. The standard InChI is InChI=1S/C28H22F2N4O6S/c1-15-4-7-17(8-5-15)41(38,39)24-13-19-20(14-33(3)28(35)25(19)32-24)18-9-10-22(31-2)26(34(36)37)27(18)40-23-11-6-16(29)12-21(23)30/h4-14,31-32H,1-3H3.